The van der Waals surface area contributed by atoms with E-state index in [4.69, 9.17) is 9.47 Å². The highest BCUT2D eigenvalue weighted by Crippen LogP contribution is 2.34. The van der Waals surface area contributed by atoms with Gasteiger partial charge in [-0.3, -0.25) is 13.9 Å². The molecule has 0 bridgehead atoms. The Morgan fingerprint density at radius 2 is 1.58 bits per heavy atom. The lowest BCUT2D eigenvalue weighted by molar-refractivity contribution is -0.140. The Labute approximate surface area is 254 Å². The molecule has 9 nitrogen and oxygen atoms in total. The summed E-state index contributed by atoms with van der Waals surface area (Å²) in [5, 5.41) is 3.13. The van der Waals surface area contributed by atoms with Crippen molar-refractivity contribution in [2.24, 2.45) is 0 Å². The number of methoxy groups -OCH3 is 2. The molecule has 43 heavy (non-hydrogen) atoms. The lowest BCUT2D eigenvalue weighted by atomic mass is 10.1. The number of nitrogens with zero attached hydrogens (tertiary/aromatic N) is 2. The Balaban J connectivity index is 1.74. The third-order valence-corrected chi connectivity index (χ3v) is 9.61. The van der Waals surface area contributed by atoms with Crippen molar-refractivity contribution < 1.29 is 27.5 Å². The molecule has 0 unspecified atom stereocenters. The molecule has 10 heteroatoms. The summed E-state index contributed by atoms with van der Waals surface area (Å²) in [4.78, 5) is 29.4. The van der Waals surface area contributed by atoms with Gasteiger partial charge in [0.2, 0.25) is 11.8 Å². The zero-order valence-electron chi connectivity index (χ0n) is 25.3. The van der Waals surface area contributed by atoms with Crippen LogP contribution in [0.15, 0.2) is 77.7 Å². The molecule has 1 atom stereocenters. The van der Waals surface area contributed by atoms with E-state index in [1.165, 1.54) is 37.3 Å². The Morgan fingerprint density at radius 3 is 2.19 bits per heavy atom. The molecule has 1 fully saturated rings. The van der Waals surface area contributed by atoms with Crippen LogP contribution in [0.5, 0.6) is 11.5 Å². The summed E-state index contributed by atoms with van der Waals surface area (Å²) < 4.78 is 40.0. The fourth-order valence-corrected chi connectivity index (χ4v) is 6.83. The average molecular weight is 608 g/mol. The molecule has 0 aliphatic heterocycles. The third kappa shape index (κ3) is 7.67. The predicted octanol–water partition coefficient (Wildman–Crippen LogP) is 5.07. The maximum absolute atomic E-state index is 14.3. The Hall–Kier alpha value is -4.05. The molecule has 0 aromatic heterocycles. The second-order valence-electron chi connectivity index (χ2n) is 10.8. The minimum absolute atomic E-state index is 0.0358. The summed E-state index contributed by atoms with van der Waals surface area (Å²) in [6.07, 6.45) is 4.32. The largest absolute Gasteiger partial charge is 0.493 e. The lowest BCUT2D eigenvalue weighted by Gasteiger charge is -2.34. The number of carbonyl (C=O) groups excluding carboxylic acids is 2. The first-order valence-electron chi connectivity index (χ1n) is 14.6. The van der Waals surface area contributed by atoms with E-state index in [2.05, 4.69) is 5.32 Å². The van der Waals surface area contributed by atoms with Gasteiger partial charge < -0.3 is 19.7 Å². The number of nitrogens with one attached hydrogen (secondary N) is 1. The van der Waals surface area contributed by atoms with Crippen LogP contribution in [0.3, 0.4) is 0 Å². The van der Waals surface area contributed by atoms with E-state index >= 15 is 0 Å². The summed E-state index contributed by atoms with van der Waals surface area (Å²) in [6, 6.07) is 19.7. The van der Waals surface area contributed by atoms with Gasteiger partial charge in [0, 0.05) is 18.7 Å². The number of hydrogen-bond acceptors (Lipinski definition) is 6. The van der Waals surface area contributed by atoms with Crippen molar-refractivity contribution in [1.82, 2.24) is 10.2 Å². The van der Waals surface area contributed by atoms with Gasteiger partial charge in [0.1, 0.15) is 12.6 Å². The van der Waals surface area contributed by atoms with E-state index in [0.717, 1.165) is 41.1 Å². The van der Waals surface area contributed by atoms with Crippen molar-refractivity contribution in [2.75, 3.05) is 25.1 Å². The number of rotatable bonds is 13. The lowest BCUT2D eigenvalue weighted by Crippen LogP contribution is -2.53. The molecule has 3 aromatic rings. The molecule has 3 aromatic carbocycles. The monoisotopic (exact) mass is 607 g/mol. The number of aryl methyl sites for hydroxylation is 1. The SMILES string of the molecule is CC[C@@H](C(=O)NC1CCCC1)N(Cc1ccc(C)cc1)C(=O)CN(c1ccc(OC)c(OC)c1)S(=O)(=O)c1ccccc1. The van der Waals surface area contributed by atoms with Crippen LogP contribution in [0.2, 0.25) is 0 Å². The van der Waals surface area contributed by atoms with Gasteiger partial charge >= 0.3 is 0 Å². The van der Waals surface area contributed by atoms with Gasteiger partial charge in [-0.2, -0.15) is 0 Å². The number of sulfonamides is 1. The van der Waals surface area contributed by atoms with E-state index in [1.54, 1.807) is 30.3 Å². The Bertz CT molecular complexity index is 1490. The van der Waals surface area contributed by atoms with Gasteiger partial charge in [-0.15, -0.1) is 0 Å². The summed E-state index contributed by atoms with van der Waals surface area (Å²) in [6.45, 7) is 3.47. The van der Waals surface area contributed by atoms with Crippen molar-refractivity contribution in [2.45, 2.75) is 69.5 Å². The molecular weight excluding hydrogens is 566 g/mol. The Kier molecular flexibility index (Phi) is 10.7. The number of carbonyl (C=O) groups is 2. The van der Waals surface area contributed by atoms with Crippen molar-refractivity contribution in [3.8, 4) is 11.5 Å². The van der Waals surface area contributed by atoms with E-state index in [9.17, 15) is 18.0 Å². The number of benzene rings is 3. The highest BCUT2D eigenvalue weighted by molar-refractivity contribution is 7.92. The van der Waals surface area contributed by atoms with Crippen molar-refractivity contribution in [3.05, 3.63) is 83.9 Å². The Morgan fingerprint density at radius 1 is 0.930 bits per heavy atom. The normalized spacial score (nSPS) is 14.1. The molecule has 1 aliphatic rings. The summed E-state index contributed by atoms with van der Waals surface area (Å²) in [7, 11) is -1.24. The van der Waals surface area contributed by atoms with E-state index in [-0.39, 0.29) is 29.1 Å². The van der Waals surface area contributed by atoms with Gasteiger partial charge in [-0.05, 0) is 56.0 Å². The minimum Gasteiger partial charge on any atom is -0.493 e. The maximum Gasteiger partial charge on any atom is 0.264 e. The van der Waals surface area contributed by atoms with Crippen LogP contribution >= 0.6 is 0 Å². The van der Waals surface area contributed by atoms with Crippen molar-refractivity contribution in [1.29, 1.82) is 0 Å². The average Bonchev–Trinajstić information content (AvgIpc) is 3.53. The van der Waals surface area contributed by atoms with Crippen LogP contribution in [-0.2, 0) is 26.2 Å². The molecule has 0 heterocycles. The van der Waals surface area contributed by atoms with E-state index in [1.807, 2.05) is 38.1 Å². The van der Waals surface area contributed by atoms with Crippen LogP contribution in [0.1, 0.15) is 50.2 Å². The van der Waals surface area contributed by atoms with Gasteiger partial charge in [-0.1, -0.05) is 67.8 Å². The third-order valence-electron chi connectivity index (χ3n) is 7.83. The fourth-order valence-electron chi connectivity index (χ4n) is 5.41. The molecule has 230 valence electrons. The molecule has 1 N–H and O–H groups in total. The number of anilines is 1. The number of ether oxygens (including phenoxy) is 2. The minimum atomic E-state index is -4.19. The quantitative estimate of drug-likeness (QED) is 0.291. The number of hydrogen-bond donors (Lipinski definition) is 1. The molecule has 0 radical (unpaired) electrons. The van der Waals surface area contributed by atoms with E-state index < -0.39 is 28.5 Å². The van der Waals surface area contributed by atoms with Crippen LogP contribution in [0, 0.1) is 6.92 Å². The van der Waals surface area contributed by atoms with Gasteiger partial charge in [0.25, 0.3) is 10.0 Å². The van der Waals surface area contributed by atoms with Gasteiger partial charge in [0.05, 0.1) is 24.8 Å². The second-order valence-corrected chi connectivity index (χ2v) is 12.6. The molecule has 1 aliphatic carbocycles. The molecule has 2 amide bonds. The summed E-state index contributed by atoms with van der Waals surface area (Å²) in [5.74, 6) is 0.0200. The molecule has 0 spiro atoms. The standard InChI is InChI=1S/C33H41N3O6S/c1-5-29(33(38)34-26-11-9-10-12-26)35(22-25-17-15-24(2)16-18-25)32(37)23-36(43(39,40)28-13-7-6-8-14-28)27-19-20-30(41-3)31(21-27)42-4/h6-8,13-21,26,29H,5,9-12,22-23H2,1-4H3,(H,34,38)/t29-/m0/s1. The number of amides is 2. The topological polar surface area (TPSA) is 105 Å². The summed E-state index contributed by atoms with van der Waals surface area (Å²) in [5.41, 5.74) is 2.14. The fraction of sp³-hybridized carbons (Fsp3) is 0.394. The smallest absolute Gasteiger partial charge is 0.264 e. The van der Waals surface area contributed by atoms with Crippen molar-refractivity contribution >= 4 is 27.5 Å². The first-order chi connectivity index (χ1) is 20.7. The van der Waals surface area contributed by atoms with Gasteiger partial charge in [0.15, 0.2) is 11.5 Å². The van der Waals surface area contributed by atoms with Crippen LogP contribution in [-0.4, -0.2) is 58.0 Å². The molecule has 1 saturated carbocycles. The molecular formula is C33H41N3O6S. The zero-order chi connectivity index (χ0) is 31.0. The van der Waals surface area contributed by atoms with Gasteiger partial charge in [-0.25, -0.2) is 8.42 Å². The maximum atomic E-state index is 14.3. The second kappa shape index (κ2) is 14.4. The van der Waals surface area contributed by atoms with Crippen molar-refractivity contribution in [3.63, 3.8) is 0 Å². The van der Waals surface area contributed by atoms with E-state index in [0.29, 0.717) is 17.9 Å². The molecule has 0 saturated heterocycles. The summed E-state index contributed by atoms with van der Waals surface area (Å²) >= 11 is 0. The highest BCUT2D eigenvalue weighted by Gasteiger charge is 2.34. The first-order valence-corrected chi connectivity index (χ1v) is 16.1. The molecule has 4 rings (SSSR count). The predicted molar refractivity (Wildman–Crippen MR) is 167 cm³/mol. The van der Waals surface area contributed by atoms with Crippen LogP contribution in [0.4, 0.5) is 5.69 Å². The highest BCUT2D eigenvalue weighted by atomic mass is 32.2. The first kappa shape index (κ1) is 31.9. The van der Waals surface area contributed by atoms with Crippen LogP contribution < -0.4 is 19.1 Å². The van der Waals surface area contributed by atoms with Crippen LogP contribution in [0.25, 0.3) is 0 Å². The zero-order valence-corrected chi connectivity index (χ0v) is 26.1.